The number of fused-ring (bicyclic) bond motifs is 1. The largest absolute Gasteiger partial charge is 0.422 e. The quantitative estimate of drug-likeness (QED) is 0.231. The Morgan fingerprint density at radius 1 is 0.765 bits per heavy atom. The predicted molar refractivity (Wildman–Crippen MR) is 115 cm³/mol. The molecule has 2 aromatic carbocycles. The average Bonchev–Trinajstić information content (AvgIpc) is 2.76. The molecular weight excluding hydrogens is 457 g/mol. The van der Waals surface area contributed by atoms with Gasteiger partial charge in [0.05, 0.1) is 5.56 Å². The van der Waals surface area contributed by atoms with Crippen molar-refractivity contribution in [2.75, 3.05) is 0 Å². The number of allylic oxidation sites excluding steroid dienone is 1. The monoisotopic (exact) mass is 480 g/mol. The van der Waals surface area contributed by atoms with E-state index in [0.717, 1.165) is 38.5 Å². The van der Waals surface area contributed by atoms with Crippen molar-refractivity contribution in [3.05, 3.63) is 82.4 Å². The van der Waals surface area contributed by atoms with Gasteiger partial charge in [-0.25, -0.2) is 17.6 Å². The van der Waals surface area contributed by atoms with Crippen molar-refractivity contribution in [1.82, 2.24) is 0 Å². The van der Waals surface area contributed by atoms with Crippen LogP contribution >= 0.6 is 0 Å². The highest BCUT2D eigenvalue weighted by Gasteiger charge is 2.38. The normalized spacial score (nSPS) is 24.7. The maximum absolute atomic E-state index is 14.7. The number of alkyl halides is 3. The van der Waals surface area contributed by atoms with E-state index in [-0.39, 0.29) is 5.92 Å². The van der Waals surface area contributed by atoms with Gasteiger partial charge in [0.1, 0.15) is 28.8 Å². The molecule has 4 rings (SSSR count). The lowest BCUT2D eigenvalue weighted by Crippen LogP contribution is -2.30. The molecular formula is C27H23F7. The van der Waals surface area contributed by atoms with Gasteiger partial charge in [-0.05, 0) is 92.0 Å². The van der Waals surface area contributed by atoms with Gasteiger partial charge in [-0.1, -0.05) is 17.9 Å². The van der Waals surface area contributed by atoms with Crippen LogP contribution in [0.15, 0.2) is 36.9 Å². The van der Waals surface area contributed by atoms with Gasteiger partial charge in [-0.2, -0.15) is 13.2 Å². The third-order valence-corrected chi connectivity index (χ3v) is 7.18. The molecule has 2 aromatic rings. The molecule has 0 heterocycles. The van der Waals surface area contributed by atoms with Crippen LogP contribution in [0.2, 0.25) is 0 Å². The highest BCUT2D eigenvalue weighted by Crippen LogP contribution is 2.48. The van der Waals surface area contributed by atoms with Gasteiger partial charge in [0.2, 0.25) is 0 Å². The van der Waals surface area contributed by atoms with Crippen LogP contribution < -0.4 is 0 Å². The van der Waals surface area contributed by atoms with Crippen LogP contribution in [-0.2, 0) is 6.18 Å². The van der Waals surface area contributed by atoms with Crippen molar-refractivity contribution in [3.8, 4) is 11.8 Å². The summed E-state index contributed by atoms with van der Waals surface area (Å²) in [5, 5.41) is 0. The lowest BCUT2D eigenvalue weighted by atomic mass is 9.64. The fourth-order valence-electron chi connectivity index (χ4n) is 5.44. The fraction of sp³-hybridized carbons (Fsp3) is 0.407. The molecule has 0 spiro atoms. The molecule has 0 N–H and O–H groups in total. The smallest absolute Gasteiger partial charge is 0.206 e. The summed E-state index contributed by atoms with van der Waals surface area (Å²) in [7, 11) is 0. The van der Waals surface area contributed by atoms with E-state index in [2.05, 4.69) is 18.4 Å². The molecule has 0 nitrogen and oxygen atoms in total. The molecule has 7 heteroatoms. The first-order valence-corrected chi connectivity index (χ1v) is 11.3. The molecule has 2 fully saturated rings. The van der Waals surface area contributed by atoms with Crippen LogP contribution in [0.25, 0.3) is 0 Å². The lowest BCUT2D eigenvalue weighted by Gasteiger charge is -2.41. The second kappa shape index (κ2) is 9.48. The predicted octanol–water partition coefficient (Wildman–Crippen LogP) is 8.15. The maximum atomic E-state index is 14.7. The van der Waals surface area contributed by atoms with Crippen LogP contribution in [0.5, 0.6) is 0 Å². The minimum absolute atomic E-state index is 0.0330. The van der Waals surface area contributed by atoms with Crippen molar-refractivity contribution in [2.45, 2.75) is 50.6 Å². The maximum Gasteiger partial charge on any atom is 0.422 e. The van der Waals surface area contributed by atoms with Gasteiger partial charge < -0.3 is 0 Å². The molecule has 4 unspecified atom stereocenters. The Morgan fingerprint density at radius 2 is 1.35 bits per heavy atom. The molecule has 0 amide bonds. The van der Waals surface area contributed by atoms with Crippen LogP contribution in [0.1, 0.15) is 66.7 Å². The van der Waals surface area contributed by atoms with E-state index in [1.165, 1.54) is 12.1 Å². The molecule has 180 valence electrons. The summed E-state index contributed by atoms with van der Waals surface area (Å²) >= 11 is 0. The second-order valence-corrected chi connectivity index (χ2v) is 9.26. The van der Waals surface area contributed by atoms with Gasteiger partial charge in [0, 0.05) is 5.56 Å². The topological polar surface area (TPSA) is 0 Å². The second-order valence-electron chi connectivity index (χ2n) is 9.26. The SMILES string of the molecule is C=CC1CCC2CC(c3cc(F)c(C#Cc4cc(F)c(C(F)(F)F)c(F)c4)c(F)c3)CCC2C1. The number of hydrogen-bond donors (Lipinski definition) is 0. The Labute approximate surface area is 193 Å². The van der Waals surface area contributed by atoms with E-state index in [0.29, 0.717) is 35.4 Å². The number of halogens is 7. The zero-order chi connectivity index (χ0) is 24.6. The molecule has 34 heavy (non-hydrogen) atoms. The molecule has 2 saturated carbocycles. The Balaban J connectivity index is 1.54. The third-order valence-electron chi connectivity index (χ3n) is 7.18. The highest BCUT2D eigenvalue weighted by atomic mass is 19.4. The zero-order valence-corrected chi connectivity index (χ0v) is 18.3. The Morgan fingerprint density at radius 3 is 1.94 bits per heavy atom. The molecule has 2 aliphatic carbocycles. The number of rotatable bonds is 2. The first-order valence-electron chi connectivity index (χ1n) is 11.3. The minimum Gasteiger partial charge on any atom is -0.206 e. The summed E-state index contributed by atoms with van der Waals surface area (Å²) < 4.78 is 95.0. The van der Waals surface area contributed by atoms with Crippen LogP contribution in [0, 0.1) is 52.9 Å². The van der Waals surface area contributed by atoms with Crippen molar-refractivity contribution in [2.24, 2.45) is 17.8 Å². The van der Waals surface area contributed by atoms with E-state index in [9.17, 15) is 30.7 Å². The molecule has 4 atom stereocenters. The molecule has 0 bridgehead atoms. The van der Waals surface area contributed by atoms with Crippen molar-refractivity contribution in [3.63, 3.8) is 0 Å². The summed E-state index contributed by atoms with van der Waals surface area (Å²) in [6.07, 6.45) is 2.77. The molecule has 0 aliphatic heterocycles. The van der Waals surface area contributed by atoms with Crippen LogP contribution in [0.3, 0.4) is 0 Å². The average molecular weight is 480 g/mol. The van der Waals surface area contributed by atoms with Gasteiger partial charge in [-0.3, -0.25) is 0 Å². The van der Waals surface area contributed by atoms with E-state index in [1.807, 2.05) is 6.08 Å². The third kappa shape index (κ3) is 5.01. The van der Waals surface area contributed by atoms with Crippen molar-refractivity contribution < 1.29 is 30.7 Å². The van der Waals surface area contributed by atoms with E-state index in [1.54, 1.807) is 0 Å². The van der Waals surface area contributed by atoms with Gasteiger partial charge in [0.15, 0.2) is 0 Å². The minimum atomic E-state index is -5.21. The van der Waals surface area contributed by atoms with Gasteiger partial charge >= 0.3 is 6.18 Å². The van der Waals surface area contributed by atoms with Gasteiger partial charge in [-0.15, -0.1) is 6.58 Å². The first-order chi connectivity index (χ1) is 16.1. The van der Waals surface area contributed by atoms with Crippen molar-refractivity contribution in [1.29, 1.82) is 0 Å². The summed E-state index contributed by atoms with van der Waals surface area (Å²) in [6, 6.07) is 3.26. The molecule has 2 aliphatic rings. The van der Waals surface area contributed by atoms with Crippen LogP contribution in [0.4, 0.5) is 30.7 Å². The summed E-state index contributed by atoms with van der Waals surface area (Å²) in [5.41, 5.74) is -2.53. The Bertz CT molecular complexity index is 1110. The number of hydrogen-bond acceptors (Lipinski definition) is 0. The van der Waals surface area contributed by atoms with Crippen molar-refractivity contribution >= 4 is 0 Å². The molecule has 0 aromatic heterocycles. The zero-order valence-electron chi connectivity index (χ0n) is 18.3. The fourth-order valence-corrected chi connectivity index (χ4v) is 5.44. The Kier molecular flexibility index (Phi) is 6.80. The van der Waals surface area contributed by atoms with E-state index >= 15 is 0 Å². The van der Waals surface area contributed by atoms with Crippen LogP contribution in [-0.4, -0.2) is 0 Å². The Hall–Kier alpha value is -2.75. The summed E-state index contributed by atoms with van der Waals surface area (Å²) in [5.74, 6) is 0.533. The summed E-state index contributed by atoms with van der Waals surface area (Å²) in [4.78, 5) is 0. The highest BCUT2D eigenvalue weighted by molar-refractivity contribution is 5.46. The van der Waals surface area contributed by atoms with Gasteiger partial charge in [0.25, 0.3) is 0 Å². The lowest BCUT2D eigenvalue weighted by molar-refractivity contribution is -0.142. The number of benzene rings is 2. The molecule has 0 radical (unpaired) electrons. The van der Waals surface area contributed by atoms with E-state index in [4.69, 9.17) is 0 Å². The van der Waals surface area contributed by atoms with E-state index < -0.39 is 46.1 Å². The summed E-state index contributed by atoms with van der Waals surface area (Å²) in [6.45, 7) is 3.89. The molecule has 0 saturated heterocycles. The first kappa shape index (κ1) is 24.4. The standard InChI is InChI=1S/C27H23F7/c1-2-15-3-5-18-12-19(7-6-17(18)9-15)20-13-22(28)21(23(29)14-20)8-4-16-10-24(30)26(25(31)11-16)27(32,33)34/h2,10-11,13-15,17-19H,1,3,5-7,9,12H2.